The van der Waals surface area contributed by atoms with Crippen molar-refractivity contribution in [3.63, 3.8) is 0 Å². The molecule has 5 rings (SSSR count). The minimum Gasteiger partial charge on any atom is -0.512 e. The number of aliphatic hydroxyl groups is 1. The quantitative estimate of drug-likeness (QED) is 0.247. The Bertz CT molecular complexity index is 1520. The largest absolute Gasteiger partial charge is 0.512 e. The number of rotatable bonds is 8. The number of cyclic esters (lactones) is 1. The van der Waals surface area contributed by atoms with Crippen LogP contribution in [-0.4, -0.2) is 54.1 Å². The average molecular weight is 612 g/mol. The van der Waals surface area contributed by atoms with E-state index in [2.05, 4.69) is 20.1 Å². The van der Waals surface area contributed by atoms with Gasteiger partial charge in [-0.3, -0.25) is 4.98 Å². The van der Waals surface area contributed by atoms with Crippen LogP contribution in [0.3, 0.4) is 0 Å². The number of aliphatic hydroxyl groups excluding tert-OH is 1. The van der Waals surface area contributed by atoms with Gasteiger partial charge in [0.05, 0.1) is 18.4 Å². The molecule has 1 atom stereocenters. The highest BCUT2D eigenvalue weighted by Crippen LogP contribution is 2.35. The zero-order chi connectivity index (χ0) is 31.1. The van der Waals surface area contributed by atoms with Gasteiger partial charge in [-0.15, -0.1) is 5.10 Å². The van der Waals surface area contributed by atoms with Gasteiger partial charge in [0.2, 0.25) is 0 Å². The normalized spacial score (nSPS) is 18.6. The smallest absolute Gasteiger partial charge is 0.394 e. The molecule has 0 aromatic carbocycles. The Balaban J connectivity index is 1.35. The molecule has 0 spiro atoms. The van der Waals surface area contributed by atoms with E-state index in [1.807, 2.05) is 0 Å². The van der Waals surface area contributed by atoms with Crippen LogP contribution < -0.4 is 0 Å². The molecule has 14 heteroatoms. The van der Waals surface area contributed by atoms with Crippen molar-refractivity contribution in [1.82, 2.24) is 24.6 Å². The highest BCUT2D eigenvalue weighted by atomic mass is 19.4. The third-order valence-corrected chi connectivity index (χ3v) is 8.02. The Labute approximate surface area is 243 Å². The van der Waals surface area contributed by atoms with Crippen molar-refractivity contribution in [2.45, 2.75) is 96.5 Å². The van der Waals surface area contributed by atoms with Gasteiger partial charge in [-0.05, 0) is 68.7 Å². The first-order chi connectivity index (χ1) is 20.1. The van der Waals surface area contributed by atoms with Crippen LogP contribution in [0.25, 0.3) is 5.78 Å². The van der Waals surface area contributed by atoms with Gasteiger partial charge in [0.1, 0.15) is 11.9 Å². The summed E-state index contributed by atoms with van der Waals surface area (Å²) in [5.41, 5.74) is 1.35. The Morgan fingerprint density at radius 2 is 1.58 bits per heavy atom. The van der Waals surface area contributed by atoms with E-state index in [1.54, 1.807) is 13.8 Å². The van der Waals surface area contributed by atoms with Crippen LogP contribution in [0.2, 0.25) is 0 Å². The molecule has 1 N–H and O–H groups in total. The van der Waals surface area contributed by atoms with Crippen molar-refractivity contribution in [2.24, 2.45) is 5.92 Å². The maximum Gasteiger partial charge on any atom is 0.394 e. The number of fused-ring (bicyclic) bond motifs is 1. The van der Waals surface area contributed by atoms with E-state index in [0.29, 0.717) is 22.5 Å². The predicted molar refractivity (Wildman–Crippen MR) is 141 cm³/mol. The molecule has 3 aromatic heterocycles. The van der Waals surface area contributed by atoms with Gasteiger partial charge in [0, 0.05) is 35.6 Å². The second kappa shape index (κ2) is 11.8. The molecular formula is C29H31F6N5O3. The molecular weight excluding hydrogens is 580 g/mol. The molecule has 0 amide bonds. The number of nitrogens with zero attached hydrogens (tertiary/aromatic N) is 5. The molecule has 0 radical (unpaired) electrons. The SMILES string of the molecule is Cc1nc2nc(CC3=C(O)CC(C4CCCC4)OC3=O)nn2c(C)c1CCc1cc(CC(F)(F)F)nc(CC(F)(F)F)c1. The van der Waals surface area contributed by atoms with Crippen LogP contribution in [0.4, 0.5) is 26.3 Å². The van der Waals surface area contributed by atoms with E-state index in [9.17, 15) is 36.2 Å². The second-order valence-corrected chi connectivity index (χ2v) is 11.3. The van der Waals surface area contributed by atoms with Crippen molar-refractivity contribution < 1.29 is 41.0 Å². The minimum absolute atomic E-state index is 0.0271. The fraction of sp³-hybridized carbons (Fsp3) is 0.552. The van der Waals surface area contributed by atoms with Gasteiger partial charge in [-0.1, -0.05) is 12.8 Å². The number of aryl methyl sites for hydroxylation is 3. The molecule has 0 saturated heterocycles. The van der Waals surface area contributed by atoms with E-state index in [0.717, 1.165) is 25.7 Å². The lowest BCUT2D eigenvalue weighted by Gasteiger charge is -2.28. The fourth-order valence-electron chi connectivity index (χ4n) is 6.02. The van der Waals surface area contributed by atoms with Crippen molar-refractivity contribution in [3.05, 3.63) is 63.2 Å². The van der Waals surface area contributed by atoms with Crippen LogP contribution in [0.15, 0.2) is 23.5 Å². The zero-order valence-electron chi connectivity index (χ0n) is 23.6. The molecule has 2 aliphatic rings. The summed E-state index contributed by atoms with van der Waals surface area (Å²) in [6.45, 7) is 3.48. The number of carbonyl (C=O) groups is 1. The summed E-state index contributed by atoms with van der Waals surface area (Å²) in [6.07, 6.45) is -7.75. The van der Waals surface area contributed by atoms with Crippen LogP contribution in [0, 0.1) is 19.8 Å². The van der Waals surface area contributed by atoms with Crippen molar-refractivity contribution in [1.29, 1.82) is 0 Å². The van der Waals surface area contributed by atoms with Crippen molar-refractivity contribution >= 4 is 11.7 Å². The van der Waals surface area contributed by atoms with E-state index >= 15 is 0 Å². The fourth-order valence-corrected chi connectivity index (χ4v) is 6.02. The minimum atomic E-state index is -4.62. The molecule has 8 nitrogen and oxygen atoms in total. The molecule has 1 unspecified atom stereocenters. The van der Waals surface area contributed by atoms with Crippen LogP contribution in [0.5, 0.6) is 0 Å². The Morgan fingerprint density at radius 3 is 2.16 bits per heavy atom. The second-order valence-electron chi connectivity index (χ2n) is 11.3. The number of carbonyl (C=O) groups excluding carboxylic acids is 1. The number of esters is 1. The highest BCUT2D eigenvalue weighted by Gasteiger charge is 2.36. The van der Waals surface area contributed by atoms with Crippen LogP contribution in [0.1, 0.15) is 71.8 Å². The number of ether oxygens (including phenoxy) is 1. The van der Waals surface area contributed by atoms with E-state index in [1.165, 1.54) is 16.6 Å². The number of hydrogen-bond donors (Lipinski definition) is 1. The van der Waals surface area contributed by atoms with Crippen molar-refractivity contribution in [2.75, 3.05) is 0 Å². The number of aromatic nitrogens is 5. The highest BCUT2D eigenvalue weighted by molar-refractivity contribution is 5.90. The third kappa shape index (κ3) is 7.45. The van der Waals surface area contributed by atoms with E-state index in [4.69, 9.17) is 4.74 Å². The topological polar surface area (TPSA) is 102 Å². The first-order valence-corrected chi connectivity index (χ1v) is 14.1. The number of pyridine rings is 1. The molecule has 1 fully saturated rings. The van der Waals surface area contributed by atoms with Crippen LogP contribution >= 0.6 is 0 Å². The number of hydrogen-bond acceptors (Lipinski definition) is 7. The lowest BCUT2D eigenvalue weighted by Crippen LogP contribution is -2.32. The monoisotopic (exact) mass is 611 g/mol. The third-order valence-electron chi connectivity index (χ3n) is 8.02. The maximum absolute atomic E-state index is 13.0. The lowest BCUT2D eigenvalue weighted by molar-refractivity contribution is -0.150. The summed E-state index contributed by atoms with van der Waals surface area (Å²) in [7, 11) is 0. The predicted octanol–water partition coefficient (Wildman–Crippen LogP) is 5.99. The first kappa shape index (κ1) is 30.7. The number of alkyl halides is 6. The van der Waals surface area contributed by atoms with Gasteiger partial charge in [0.15, 0.2) is 5.82 Å². The molecule has 1 aliphatic heterocycles. The Kier molecular flexibility index (Phi) is 8.41. The lowest BCUT2D eigenvalue weighted by atomic mass is 9.93. The Morgan fingerprint density at radius 1 is 0.953 bits per heavy atom. The molecule has 232 valence electrons. The standard InChI is InChI=1S/C29H31F6N5O3/c1-15-21(8-7-17-9-19(13-28(30,31)32)37-20(10-17)14-29(33,34)35)16(2)40-27(36-15)38-25(39-40)11-22-23(41)12-24(43-26(22)42)18-5-3-4-6-18/h9-10,18,24,41H,3-8,11-14H2,1-2H3. The van der Waals surface area contributed by atoms with E-state index < -0.39 is 42.6 Å². The van der Waals surface area contributed by atoms with Gasteiger partial charge < -0.3 is 9.84 Å². The molecule has 43 heavy (non-hydrogen) atoms. The summed E-state index contributed by atoms with van der Waals surface area (Å²) >= 11 is 0. The Hall–Kier alpha value is -3.71. The molecule has 4 heterocycles. The van der Waals surface area contributed by atoms with E-state index in [-0.39, 0.29) is 60.6 Å². The van der Waals surface area contributed by atoms with Gasteiger partial charge in [0.25, 0.3) is 5.78 Å². The van der Waals surface area contributed by atoms with Crippen LogP contribution in [-0.2, 0) is 41.6 Å². The van der Waals surface area contributed by atoms with Gasteiger partial charge in [-0.25, -0.2) is 14.3 Å². The summed E-state index contributed by atoms with van der Waals surface area (Å²) in [5.74, 6) is 0.126. The molecule has 3 aromatic rings. The van der Waals surface area contributed by atoms with Gasteiger partial charge in [-0.2, -0.15) is 31.3 Å². The maximum atomic E-state index is 13.0. The van der Waals surface area contributed by atoms with Crippen molar-refractivity contribution in [3.8, 4) is 0 Å². The molecule has 1 aliphatic carbocycles. The van der Waals surface area contributed by atoms with Gasteiger partial charge >= 0.3 is 18.3 Å². The summed E-state index contributed by atoms with van der Waals surface area (Å²) in [6, 6.07) is 2.36. The molecule has 1 saturated carbocycles. The molecule has 0 bridgehead atoms. The average Bonchev–Trinajstić information content (AvgIpc) is 3.54. The zero-order valence-corrected chi connectivity index (χ0v) is 23.6. The summed E-state index contributed by atoms with van der Waals surface area (Å²) < 4.78 is 85.1. The summed E-state index contributed by atoms with van der Waals surface area (Å²) in [5, 5.41) is 15.1. The summed E-state index contributed by atoms with van der Waals surface area (Å²) in [4.78, 5) is 25.2. The number of halogens is 6. The first-order valence-electron chi connectivity index (χ1n) is 14.1.